The Hall–Kier alpha value is -1.51. The van der Waals surface area contributed by atoms with Gasteiger partial charge in [-0.25, -0.2) is 0 Å². The predicted molar refractivity (Wildman–Crippen MR) is 61.9 cm³/mol. The molecule has 1 aromatic rings. The number of hydrogen-bond donors (Lipinski definition) is 1. The number of benzene rings is 1. The van der Waals surface area contributed by atoms with Crippen LogP contribution in [-0.4, -0.2) is 12.5 Å². The zero-order chi connectivity index (χ0) is 11.0. The highest BCUT2D eigenvalue weighted by atomic mass is 16.2. The van der Waals surface area contributed by atoms with Gasteiger partial charge in [-0.05, 0) is 37.5 Å². The minimum atomic E-state index is 0.190. The van der Waals surface area contributed by atoms with E-state index in [1.165, 1.54) is 5.56 Å². The Morgan fingerprint density at radius 2 is 2.07 bits per heavy atom. The van der Waals surface area contributed by atoms with Gasteiger partial charge in [0.2, 0.25) is 5.91 Å². The topological polar surface area (TPSA) is 46.3 Å². The molecule has 0 unspecified atom stereocenters. The fourth-order valence-corrected chi connectivity index (χ4v) is 2.06. The van der Waals surface area contributed by atoms with Crippen molar-refractivity contribution >= 4 is 17.3 Å². The first-order chi connectivity index (χ1) is 7.11. The zero-order valence-corrected chi connectivity index (χ0v) is 9.21. The third-order valence-corrected chi connectivity index (χ3v) is 3.08. The molecule has 0 atom stereocenters. The lowest BCUT2D eigenvalue weighted by molar-refractivity contribution is -0.117. The molecule has 1 aliphatic rings. The highest BCUT2D eigenvalue weighted by Crippen LogP contribution is 2.32. The average molecular weight is 204 g/mol. The zero-order valence-electron chi connectivity index (χ0n) is 9.21. The summed E-state index contributed by atoms with van der Waals surface area (Å²) < 4.78 is 0. The van der Waals surface area contributed by atoms with Crippen LogP contribution in [0.15, 0.2) is 12.1 Å². The summed E-state index contributed by atoms with van der Waals surface area (Å²) in [5.41, 5.74) is 9.85. The molecule has 2 rings (SSSR count). The Morgan fingerprint density at radius 3 is 2.67 bits per heavy atom. The Kier molecular flexibility index (Phi) is 2.39. The Labute approximate surface area is 89.9 Å². The fourth-order valence-electron chi connectivity index (χ4n) is 2.06. The molecule has 3 nitrogen and oxygen atoms in total. The second kappa shape index (κ2) is 3.57. The van der Waals surface area contributed by atoms with E-state index in [9.17, 15) is 4.79 Å². The molecule has 1 amide bonds. The van der Waals surface area contributed by atoms with Crippen LogP contribution in [0, 0.1) is 13.8 Å². The first-order valence-corrected chi connectivity index (χ1v) is 5.27. The molecule has 1 heterocycles. The van der Waals surface area contributed by atoms with Crippen LogP contribution in [0.4, 0.5) is 11.4 Å². The van der Waals surface area contributed by atoms with E-state index in [1.807, 2.05) is 30.9 Å². The number of nitrogens with two attached hydrogens (primary N) is 1. The lowest BCUT2D eigenvalue weighted by Gasteiger charge is -2.21. The maximum absolute atomic E-state index is 11.7. The third-order valence-electron chi connectivity index (χ3n) is 3.08. The Morgan fingerprint density at radius 1 is 1.33 bits per heavy atom. The molecule has 3 heteroatoms. The van der Waals surface area contributed by atoms with Crippen LogP contribution in [0.25, 0.3) is 0 Å². The van der Waals surface area contributed by atoms with Crippen LogP contribution < -0.4 is 10.6 Å². The molecule has 2 N–H and O–H groups in total. The molecule has 1 fully saturated rings. The van der Waals surface area contributed by atoms with Crippen LogP contribution in [-0.2, 0) is 4.79 Å². The molecular formula is C12H16N2O. The molecule has 15 heavy (non-hydrogen) atoms. The van der Waals surface area contributed by atoms with Crippen molar-refractivity contribution in [2.45, 2.75) is 26.7 Å². The summed E-state index contributed by atoms with van der Waals surface area (Å²) in [6.45, 7) is 4.86. The molecule has 0 radical (unpaired) electrons. The first kappa shape index (κ1) is 10.0. The molecule has 0 aliphatic carbocycles. The molecule has 0 spiro atoms. The molecular weight excluding hydrogens is 188 g/mol. The standard InChI is InChI=1S/C12H16N2O/c1-8-5-6-10(13)12(9(8)2)14-7-3-4-11(14)15/h5-6H,3-4,7,13H2,1-2H3. The number of rotatable bonds is 1. The molecule has 1 aliphatic heterocycles. The van der Waals surface area contributed by atoms with Crippen LogP contribution in [0.1, 0.15) is 24.0 Å². The molecule has 0 bridgehead atoms. The second-order valence-electron chi connectivity index (χ2n) is 4.09. The van der Waals surface area contributed by atoms with Crippen LogP contribution in [0.5, 0.6) is 0 Å². The largest absolute Gasteiger partial charge is 0.397 e. The number of nitrogens with zero attached hydrogens (tertiary/aromatic N) is 1. The number of hydrogen-bond acceptors (Lipinski definition) is 2. The number of nitrogen functional groups attached to an aromatic ring is 1. The van der Waals surface area contributed by atoms with Crippen molar-refractivity contribution in [1.82, 2.24) is 0 Å². The van der Waals surface area contributed by atoms with Crippen LogP contribution >= 0.6 is 0 Å². The summed E-state index contributed by atoms with van der Waals surface area (Å²) in [4.78, 5) is 13.5. The van der Waals surface area contributed by atoms with E-state index in [1.54, 1.807) is 0 Å². The van der Waals surface area contributed by atoms with E-state index in [0.29, 0.717) is 12.1 Å². The van der Waals surface area contributed by atoms with Crippen molar-refractivity contribution < 1.29 is 4.79 Å². The van der Waals surface area contributed by atoms with Gasteiger partial charge in [0, 0.05) is 13.0 Å². The van der Waals surface area contributed by atoms with Gasteiger partial charge < -0.3 is 10.6 Å². The summed E-state index contributed by atoms with van der Waals surface area (Å²) in [5.74, 6) is 0.190. The Balaban J connectivity index is 2.51. The summed E-state index contributed by atoms with van der Waals surface area (Å²) in [5, 5.41) is 0. The van der Waals surface area contributed by atoms with Crippen molar-refractivity contribution in [3.8, 4) is 0 Å². The average Bonchev–Trinajstić information content (AvgIpc) is 2.60. The number of aryl methyl sites for hydroxylation is 1. The van der Waals surface area contributed by atoms with E-state index in [2.05, 4.69) is 0 Å². The summed E-state index contributed by atoms with van der Waals surface area (Å²) in [6, 6.07) is 3.87. The fraction of sp³-hybridized carbons (Fsp3) is 0.417. The van der Waals surface area contributed by atoms with Gasteiger partial charge >= 0.3 is 0 Å². The van der Waals surface area contributed by atoms with Gasteiger partial charge in [-0.1, -0.05) is 6.07 Å². The van der Waals surface area contributed by atoms with E-state index in [4.69, 9.17) is 5.73 Å². The van der Waals surface area contributed by atoms with Crippen LogP contribution in [0.2, 0.25) is 0 Å². The van der Waals surface area contributed by atoms with E-state index in [-0.39, 0.29) is 5.91 Å². The number of amides is 1. The minimum Gasteiger partial charge on any atom is -0.397 e. The van der Waals surface area contributed by atoms with E-state index >= 15 is 0 Å². The van der Waals surface area contributed by atoms with Gasteiger partial charge in [0.15, 0.2) is 0 Å². The van der Waals surface area contributed by atoms with Crippen molar-refractivity contribution in [1.29, 1.82) is 0 Å². The Bertz CT molecular complexity index is 412. The molecule has 80 valence electrons. The summed E-state index contributed by atoms with van der Waals surface area (Å²) in [6.07, 6.45) is 1.58. The highest BCUT2D eigenvalue weighted by Gasteiger charge is 2.24. The van der Waals surface area contributed by atoms with Gasteiger partial charge in [-0.15, -0.1) is 0 Å². The number of anilines is 2. The normalized spacial score (nSPS) is 16.1. The van der Waals surface area contributed by atoms with Gasteiger partial charge in [-0.2, -0.15) is 0 Å². The maximum Gasteiger partial charge on any atom is 0.227 e. The number of carbonyl (C=O) groups is 1. The lowest BCUT2D eigenvalue weighted by atomic mass is 10.1. The van der Waals surface area contributed by atoms with Crippen molar-refractivity contribution in [3.05, 3.63) is 23.3 Å². The van der Waals surface area contributed by atoms with Crippen molar-refractivity contribution in [2.75, 3.05) is 17.2 Å². The first-order valence-electron chi connectivity index (χ1n) is 5.27. The maximum atomic E-state index is 11.7. The highest BCUT2D eigenvalue weighted by molar-refractivity contribution is 5.99. The van der Waals surface area contributed by atoms with E-state index in [0.717, 1.165) is 24.2 Å². The third kappa shape index (κ3) is 1.58. The van der Waals surface area contributed by atoms with Gasteiger partial charge in [0.25, 0.3) is 0 Å². The SMILES string of the molecule is Cc1ccc(N)c(N2CCCC2=O)c1C. The van der Waals surface area contributed by atoms with Gasteiger partial charge in [0.05, 0.1) is 11.4 Å². The van der Waals surface area contributed by atoms with Crippen molar-refractivity contribution in [3.63, 3.8) is 0 Å². The monoisotopic (exact) mass is 204 g/mol. The lowest BCUT2D eigenvalue weighted by Crippen LogP contribution is -2.25. The van der Waals surface area contributed by atoms with Gasteiger partial charge in [0.1, 0.15) is 0 Å². The van der Waals surface area contributed by atoms with Crippen LogP contribution in [0.3, 0.4) is 0 Å². The molecule has 1 saturated heterocycles. The molecule has 0 aromatic heterocycles. The second-order valence-corrected chi connectivity index (χ2v) is 4.09. The van der Waals surface area contributed by atoms with Crippen molar-refractivity contribution in [2.24, 2.45) is 0 Å². The summed E-state index contributed by atoms with van der Waals surface area (Å²) in [7, 11) is 0. The summed E-state index contributed by atoms with van der Waals surface area (Å²) >= 11 is 0. The predicted octanol–water partition coefficient (Wildman–Crippen LogP) is 2.01. The quantitative estimate of drug-likeness (QED) is 0.711. The van der Waals surface area contributed by atoms with Gasteiger partial charge in [-0.3, -0.25) is 4.79 Å². The van der Waals surface area contributed by atoms with E-state index < -0.39 is 0 Å². The smallest absolute Gasteiger partial charge is 0.227 e. The molecule has 1 aromatic carbocycles. The minimum absolute atomic E-state index is 0.190. The number of carbonyl (C=O) groups excluding carboxylic acids is 1. The molecule has 0 saturated carbocycles.